The van der Waals surface area contributed by atoms with Crippen molar-refractivity contribution in [1.29, 1.82) is 0 Å². The molecule has 0 saturated heterocycles. The summed E-state index contributed by atoms with van der Waals surface area (Å²) in [5, 5.41) is 14.9. The van der Waals surface area contributed by atoms with Crippen LogP contribution in [0.4, 0.5) is 0 Å². The number of aromatic nitrogens is 2. The zero-order valence-electron chi connectivity index (χ0n) is 16.8. The minimum Gasteiger partial charge on any atom is -0.272 e. The van der Waals surface area contributed by atoms with Crippen molar-refractivity contribution < 1.29 is 4.79 Å². The van der Waals surface area contributed by atoms with E-state index in [1.165, 1.54) is 34.0 Å². The van der Waals surface area contributed by atoms with Crippen molar-refractivity contribution in [2.24, 2.45) is 5.10 Å². The van der Waals surface area contributed by atoms with Crippen molar-refractivity contribution in [1.82, 2.24) is 15.6 Å². The van der Waals surface area contributed by atoms with Crippen molar-refractivity contribution in [3.63, 3.8) is 0 Å². The van der Waals surface area contributed by atoms with Gasteiger partial charge >= 0.3 is 0 Å². The van der Waals surface area contributed by atoms with E-state index >= 15 is 0 Å². The molecule has 0 unspecified atom stereocenters. The average Bonchev–Trinajstić information content (AvgIpc) is 3.28. The molecule has 0 saturated carbocycles. The van der Waals surface area contributed by atoms with Gasteiger partial charge in [0.05, 0.1) is 11.5 Å². The van der Waals surface area contributed by atoms with Crippen molar-refractivity contribution in [2.45, 2.75) is 21.4 Å². The molecule has 4 aromatic rings. The van der Waals surface area contributed by atoms with Crippen molar-refractivity contribution >= 4 is 57.3 Å². The fourth-order valence-corrected chi connectivity index (χ4v) is 5.59. The number of amides is 1. The molecular formula is C23H20N4OS3. The van der Waals surface area contributed by atoms with Crippen molar-refractivity contribution in [3.8, 4) is 0 Å². The molecule has 0 spiro atoms. The summed E-state index contributed by atoms with van der Waals surface area (Å²) in [6.45, 7) is 1.89. The molecule has 8 heteroatoms. The molecule has 0 aliphatic rings. The van der Waals surface area contributed by atoms with E-state index in [9.17, 15) is 4.79 Å². The Hall–Kier alpha value is -2.68. The van der Waals surface area contributed by atoms with E-state index in [0.717, 1.165) is 31.1 Å². The van der Waals surface area contributed by atoms with Crippen LogP contribution in [0.1, 0.15) is 18.1 Å². The number of hydrazone groups is 1. The molecule has 1 aromatic heterocycles. The van der Waals surface area contributed by atoms with Gasteiger partial charge in [0.25, 0.3) is 5.91 Å². The van der Waals surface area contributed by atoms with Gasteiger partial charge in [0, 0.05) is 5.75 Å². The molecule has 0 radical (unpaired) electrons. The van der Waals surface area contributed by atoms with Gasteiger partial charge in [0.1, 0.15) is 0 Å². The van der Waals surface area contributed by atoms with Crippen LogP contribution in [-0.2, 0) is 10.5 Å². The molecule has 156 valence electrons. The van der Waals surface area contributed by atoms with Gasteiger partial charge in [-0.15, -0.1) is 10.2 Å². The second-order valence-corrected chi connectivity index (χ2v) is 10.1. The summed E-state index contributed by atoms with van der Waals surface area (Å²) >= 11 is 4.53. The summed E-state index contributed by atoms with van der Waals surface area (Å²) in [5.41, 5.74) is 5.62. The largest absolute Gasteiger partial charge is 0.272 e. The second kappa shape index (κ2) is 10.6. The lowest BCUT2D eigenvalue weighted by Gasteiger charge is -2.04. The van der Waals surface area contributed by atoms with E-state index in [-0.39, 0.29) is 11.7 Å². The fourth-order valence-electron chi connectivity index (χ4n) is 2.82. The number of hydrogen-bond acceptors (Lipinski definition) is 7. The van der Waals surface area contributed by atoms with E-state index in [0.29, 0.717) is 0 Å². The maximum Gasteiger partial charge on any atom is 0.250 e. The molecule has 0 atom stereocenters. The second-order valence-electron chi connectivity index (χ2n) is 6.69. The molecule has 31 heavy (non-hydrogen) atoms. The highest BCUT2D eigenvalue weighted by Crippen LogP contribution is 2.30. The first-order valence-corrected chi connectivity index (χ1v) is 12.4. The highest BCUT2D eigenvalue weighted by molar-refractivity contribution is 8.03. The third-order valence-corrected chi connectivity index (χ3v) is 7.70. The summed E-state index contributed by atoms with van der Waals surface area (Å²) in [5.74, 6) is 0.925. The van der Waals surface area contributed by atoms with Crippen LogP contribution >= 0.6 is 34.9 Å². The Morgan fingerprint density at radius 1 is 0.935 bits per heavy atom. The lowest BCUT2D eigenvalue weighted by Crippen LogP contribution is -2.21. The molecule has 1 N–H and O–H groups in total. The fraction of sp³-hybridized carbons (Fsp3) is 0.130. The molecule has 3 aromatic carbocycles. The first-order valence-electron chi connectivity index (χ1n) is 9.63. The quantitative estimate of drug-likeness (QED) is 0.208. The molecule has 0 fully saturated rings. The van der Waals surface area contributed by atoms with Gasteiger partial charge in [-0.2, -0.15) is 5.10 Å². The number of carbonyl (C=O) groups excluding carboxylic acids is 1. The zero-order chi connectivity index (χ0) is 21.5. The molecule has 1 amide bonds. The first kappa shape index (κ1) is 21.5. The predicted octanol–water partition coefficient (Wildman–Crippen LogP) is 5.62. The van der Waals surface area contributed by atoms with Crippen LogP contribution in [0.15, 0.2) is 86.6 Å². The van der Waals surface area contributed by atoms with Crippen LogP contribution in [0.3, 0.4) is 0 Å². The number of rotatable bonds is 8. The smallest absolute Gasteiger partial charge is 0.250 e. The Balaban J connectivity index is 1.26. The predicted molar refractivity (Wildman–Crippen MR) is 131 cm³/mol. The lowest BCUT2D eigenvalue weighted by atomic mass is 10.0. The van der Waals surface area contributed by atoms with E-state index < -0.39 is 0 Å². The van der Waals surface area contributed by atoms with Crippen LogP contribution in [0, 0.1) is 0 Å². The van der Waals surface area contributed by atoms with Crippen LogP contribution in [0.25, 0.3) is 10.8 Å². The van der Waals surface area contributed by atoms with E-state index in [1.54, 1.807) is 11.8 Å². The molecular weight excluding hydrogens is 444 g/mol. The Morgan fingerprint density at radius 3 is 2.45 bits per heavy atom. The normalized spacial score (nSPS) is 11.6. The minimum absolute atomic E-state index is 0.168. The molecule has 1 heterocycles. The molecule has 0 aliphatic heterocycles. The summed E-state index contributed by atoms with van der Waals surface area (Å²) in [7, 11) is 0. The SMILES string of the molecule is CC(=NNC(=O)CSc1nnc(SCc2ccccc2)s1)c1ccc2ccccc2c1. The zero-order valence-corrected chi connectivity index (χ0v) is 19.3. The van der Waals surface area contributed by atoms with Crippen LogP contribution in [-0.4, -0.2) is 27.6 Å². The molecule has 0 aliphatic carbocycles. The lowest BCUT2D eigenvalue weighted by molar-refractivity contribution is -0.118. The van der Waals surface area contributed by atoms with Gasteiger partial charge < -0.3 is 0 Å². The highest BCUT2D eigenvalue weighted by atomic mass is 32.2. The number of fused-ring (bicyclic) bond motifs is 1. The van der Waals surface area contributed by atoms with Gasteiger partial charge in [-0.05, 0) is 34.9 Å². The van der Waals surface area contributed by atoms with Gasteiger partial charge in [0.2, 0.25) is 0 Å². The number of nitrogens with one attached hydrogen (secondary N) is 1. The molecule has 0 bridgehead atoms. The summed E-state index contributed by atoms with van der Waals surface area (Å²) in [4.78, 5) is 12.2. The standard InChI is InChI=1S/C23H20N4OS3/c1-16(19-12-11-18-9-5-6-10-20(18)13-19)24-25-21(28)15-30-23-27-26-22(31-23)29-14-17-7-3-2-4-8-17/h2-13H,14-15H2,1H3,(H,25,28). The van der Waals surface area contributed by atoms with E-state index in [1.807, 2.05) is 43.3 Å². The van der Waals surface area contributed by atoms with Gasteiger partial charge in [-0.25, -0.2) is 5.43 Å². The Bertz CT molecular complexity index is 1210. The van der Waals surface area contributed by atoms with Crippen LogP contribution in [0.5, 0.6) is 0 Å². The molecule has 4 rings (SSSR count). The number of thioether (sulfide) groups is 2. The maximum atomic E-state index is 12.2. The number of nitrogens with zero attached hydrogens (tertiary/aromatic N) is 3. The minimum atomic E-state index is -0.168. The van der Waals surface area contributed by atoms with E-state index in [4.69, 9.17) is 0 Å². The van der Waals surface area contributed by atoms with Crippen molar-refractivity contribution in [2.75, 3.05) is 5.75 Å². The number of benzene rings is 3. The van der Waals surface area contributed by atoms with Crippen LogP contribution < -0.4 is 5.43 Å². The monoisotopic (exact) mass is 464 g/mol. The van der Waals surface area contributed by atoms with Gasteiger partial charge in [-0.3, -0.25) is 4.79 Å². The maximum absolute atomic E-state index is 12.2. The summed E-state index contributed by atoms with van der Waals surface area (Å²) in [6, 6.07) is 24.6. The topological polar surface area (TPSA) is 67.2 Å². The summed E-state index contributed by atoms with van der Waals surface area (Å²) in [6.07, 6.45) is 0. The Kier molecular flexibility index (Phi) is 7.35. The van der Waals surface area contributed by atoms with Gasteiger partial charge in [-0.1, -0.05) is 102 Å². The number of hydrogen-bond donors (Lipinski definition) is 1. The van der Waals surface area contributed by atoms with Gasteiger partial charge in [0.15, 0.2) is 8.68 Å². The third-order valence-electron chi connectivity index (χ3n) is 4.44. The number of carbonyl (C=O) groups is 1. The first-order chi connectivity index (χ1) is 15.2. The van der Waals surface area contributed by atoms with E-state index in [2.05, 4.69) is 57.1 Å². The Labute approximate surface area is 193 Å². The van der Waals surface area contributed by atoms with Crippen LogP contribution in [0.2, 0.25) is 0 Å². The summed E-state index contributed by atoms with van der Waals surface area (Å²) < 4.78 is 1.68. The average molecular weight is 465 g/mol. The highest BCUT2D eigenvalue weighted by Gasteiger charge is 2.09. The Morgan fingerprint density at radius 2 is 1.65 bits per heavy atom. The third kappa shape index (κ3) is 6.16. The van der Waals surface area contributed by atoms with Crippen molar-refractivity contribution in [3.05, 3.63) is 83.9 Å². The molecule has 5 nitrogen and oxygen atoms in total.